The molecule has 1 aromatic rings. The largest absolute Gasteiger partial charge is 0.508 e. The molecule has 2 heterocycles. The first-order valence-corrected chi connectivity index (χ1v) is 9.69. The summed E-state index contributed by atoms with van der Waals surface area (Å²) >= 11 is 0. The predicted molar refractivity (Wildman–Crippen MR) is 102 cm³/mol. The SMILES string of the molecule is C[C@]1(COC(=O)OC2C[C@@H]3C[C@@H]3C2)O[C@@H](c2ccc(C(N)=NC=N)[nH]2)[C@H](O)[C@@H]1O. The number of aliphatic imine (C=N–C) groups is 1. The topological polar surface area (TPSA) is 163 Å². The highest BCUT2D eigenvalue weighted by Gasteiger charge is 2.53. The molecule has 10 heteroatoms. The molecule has 2 saturated carbocycles. The maximum absolute atomic E-state index is 12.0. The maximum atomic E-state index is 12.0. The summed E-state index contributed by atoms with van der Waals surface area (Å²) in [5.41, 5.74) is 5.36. The predicted octanol–water partition coefficient (Wildman–Crippen LogP) is 0.831. The number of hydrogen-bond acceptors (Lipinski definition) is 7. The summed E-state index contributed by atoms with van der Waals surface area (Å²) in [5, 5.41) is 27.9. The fourth-order valence-corrected chi connectivity index (χ4v) is 4.32. The molecular weight excluding hydrogens is 380 g/mol. The van der Waals surface area contributed by atoms with Crippen LogP contribution < -0.4 is 5.73 Å². The molecule has 2 aliphatic carbocycles. The average Bonchev–Trinajstić information content (AvgIpc) is 3.03. The van der Waals surface area contributed by atoms with Crippen molar-refractivity contribution in [2.24, 2.45) is 22.6 Å². The smallest absolute Gasteiger partial charge is 0.431 e. The van der Waals surface area contributed by atoms with Crippen LogP contribution in [-0.4, -0.2) is 64.0 Å². The summed E-state index contributed by atoms with van der Waals surface area (Å²) in [6.07, 6.45) is -0.464. The minimum atomic E-state index is -1.30. The lowest BCUT2D eigenvalue weighted by Gasteiger charge is -2.27. The van der Waals surface area contributed by atoms with Gasteiger partial charge in [0.2, 0.25) is 0 Å². The number of carbonyl (C=O) groups is 1. The van der Waals surface area contributed by atoms with Crippen LogP contribution in [0.3, 0.4) is 0 Å². The molecule has 3 aliphatic rings. The summed E-state index contributed by atoms with van der Waals surface area (Å²) in [4.78, 5) is 18.6. The van der Waals surface area contributed by atoms with Crippen LogP contribution in [0.2, 0.25) is 0 Å². The van der Waals surface area contributed by atoms with Gasteiger partial charge < -0.3 is 35.1 Å². The van der Waals surface area contributed by atoms with E-state index in [0.29, 0.717) is 23.2 Å². The van der Waals surface area contributed by atoms with Crippen molar-refractivity contribution in [1.29, 1.82) is 5.41 Å². The Hall–Kier alpha value is -2.43. The molecule has 7 atom stereocenters. The van der Waals surface area contributed by atoms with E-state index in [1.165, 1.54) is 6.42 Å². The average molecular weight is 406 g/mol. The molecule has 6 N–H and O–H groups in total. The second kappa shape index (κ2) is 7.43. The highest BCUT2D eigenvalue weighted by atomic mass is 16.7. The summed E-state index contributed by atoms with van der Waals surface area (Å²) in [6, 6.07) is 3.28. The Kier molecular flexibility index (Phi) is 5.09. The highest BCUT2D eigenvalue weighted by Crippen LogP contribution is 2.52. The summed E-state index contributed by atoms with van der Waals surface area (Å²) < 4.78 is 16.4. The summed E-state index contributed by atoms with van der Waals surface area (Å²) in [6.45, 7) is 1.30. The van der Waals surface area contributed by atoms with Gasteiger partial charge in [-0.15, -0.1) is 0 Å². The third-order valence-corrected chi connectivity index (χ3v) is 6.09. The van der Waals surface area contributed by atoms with Crippen LogP contribution >= 0.6 is 0 Å². The molecule has 1 saturated heterocycles. The molecule has 0 spiro atoms. The van der Waals surface area contributed by atoms with Gasteiger partial charge in [-0.25, -0.2) is 9.79 Å². The highest BCUT2D eigenvalue weighted by molar-refractivity contribution is 5.99. The number of nitrogens with one attached hydrogen (secondary N) is 2. The van der Waals surface area contributed by atoms with Crippen molar-refractivity contribution in [3.8, 4) is 0 Å². The van der Waals surface area contributed by atoms with Crippen LogP contribution in [0.5, 0.6) is 0 Å². The number of nitrogens with two attached hydrogens (primary N) is 1. The van der Waals surface area contributed by atoms with E-state index >= 15 is 0 Å². The minimum absolute atomic E-state index is 0.0998. The Labute approximate surface area is 167 Å². The quantitative estimate of drug-likeness (QED) is 0.265. The molecule has 10 nitrogen and oxygen atoms in total. The van der Waals surface area contributed by atoms with E-state index < -0.39 is 30.1 Å². The van der Waals surface area contributed by atoms with E-state index in [0.717, 1.165) is 19.2 Å². The van der Waals surface area contributed by atoms with E-state index in [1.807, 2.05) is 0 Å². The number of ether oxygens (including phenoxy) is 3. The molecule has 1 unspecified atom stereocenters. The van der Waals surface area contributed by atoms with Gasteiger partial charge in [0.15, 0.2) is 0 Å². The number of nitrogens with zero attached hydrogens (tertiary/aromatic N) is 1. The molecule has 0 aromatic carbocycles. The Morgan fingerprint density at radius 1 is 1.41 bits per heavy atom. The van der Waals surface area contributed by atoms with Gasteiger partial charge in [-0.3, -0.25) is 5.41 Å². The molecule has 1 aliphatic heterocycles. The standard InChI is InChI=1S/C19H26N4O6/c1-19(7-27-18(26)28-11-5-9-4-10(9)6-11)16(25)14(24)15(29-19)12-2-3-13(23-12)17(21)22-8-20/h2-3,8-11,14-16,23-25H,4-7H2,1H3,(H3,20,21,22)/t9-,10+,11?,14-,15-,16-,19+/m0/s1. The molecule has 0 amide bonds. The van der Waals surface area contributed by atoms with Crippen LogP contribution in [0.15, 0.2) is 17.1 Å². The van der Waals surface area contributed by atoms with Gasteiger partial charge in [-0.1, -0.05) is 0 Å². The first-order chi connectivity index (χ1) is 13.8. The van der Waals surface area contributed by atoms with Gasteiger partial charge in [0.1, 0.15) is 48.8 Å². The fourth-order valence-electron chi connectivity index (χ4n) is 4.32. The van der Waals surface area contributed by atoms with Crippen LogP contribution in [0.4, 0.5) is 4.79 Å². The third-order valence-electron chi connectivity index (χ3n) is 6.09. The summed E-state index contributed by atoms with van der Waals surface area (Å²) in [7, 11) is 0. The van der Waals surface area contributed by atoms with E-state index in [1.54, 1.807) is 19.1 Å². The second-order valence-corrected chi connectivity index (χ2v) is 8.26. The van der Waals surface area contributed by atoms with Crippen LogP contribution in [0.1, 0.15) is 43.7 Å². The Bertz CT molecular complexity index is 815. The number of H-pyrrole nitrogens is 1. The zero-order valence-corrected chi connectivity index (χ0v) is 16.1. The molecule has 29 heavy (non-hydrogen) atoms. The van der Waals surface area contributed by atoms with Crippen molar-refractivity contribution in [3.63, 3.8) is 0 Å². The Morgan fingerprint density at radius 3 is 2.83 bits per heavy atom. The molecule has 1 aromatic heterocycles. The lowest BCUT2D eigenvalue weighted by molar-refractivity contribution is -0.111. The minimum Gasteiger partial charge on any atom is -0.431 e. The first-order valence-electron chi connectivity index (χ1n) is 9.69. The first kappa shape index (κ1) is 19.9. The molecule has 158 valence electrons. The number of aliphatic hydroxyl groups is 2. The zero-order valence-electron chi connectivity index (χ0n) is 16.1. The number of aromatic amines is 1. The lowest BCUT2D eigenvalue weighted by atomic mass is 9.97. The van der Waals surface area contributed by atoms with Crippen LogP contribution in [0, 0.1) is 17.2 Å². The molecule has 0 bridgehead atoms. The molecular formula is C19H26N4O6. The maximum Gasteiger partial charge on any atom is 0.508 e. The normalized spacial score (nSPS) is 38.5. The van der Waals surface area contributed by atoms with E-state index in [-0.39, 0.29) is 18.5 Å². The van der Waals surface area contributed by atoms with Crippen molar-refractivity contribution in [3.05, 3.63) is 23.5 Å². The van der Waals surface area contributed by atoms with Crippen molar-refractivity contribution in [2.75, 3.05) is 6.61 Å². The number of rotatable bonds is 6. The van der Waals surface area contributed by atoms with Gasteiger partial charge in [-0.05, 0) is 50.2 Å². The summed E-state index contributed by atoms with van der Waals surface area (Å²) in [5.74, 6) is 1.48. The fraction of sp³-hybridized carbons (Fsp3) is 0.632. The van der Waals surface area contributed by atoms with Crippen LogP contribution in [-0.2, 0) is 14.2 Å². The van der Waals surface area contributed by atoms with Crippen molar-refractivity contribution >= 4 is 18.3 Å². The zero-order chi connectivity index (χ0) is 20.8. The number of aliphatic hydroxyl groups excluding tert-OH is 2. The second-order valence-electron chi connectivity index (χ2n) is 8.26. The molecule has 4 rings (SSSR count). The third kappa shape index (κ3) is 3.87. The number of aromatic nitrogens is 1. The monoisotopic (exact) mass is 406 g/mol. The van der Waals surface area contributed by atoms with E-state index in [4.69, 9.17) is 25.4 Å². The number of carbonyl (C=O) groups excluding carboxylic acids is 1. The van der Waals surface area contributed by atoms with Crippen molar-refractivity contribution < 1.29 is 29.2 Å². The van der Waals surface area contributed by atoms with Gasteiger partial charge in [0.25, 0.3) is 0 Å². The van der Waals surface area contributed by atoms with Gasteiger partial charge >= 0.3 is 6.16 Å². The van der Waals surface area contributed by atoms with Crippen LogP contribution in [0.25, 0.3) is 0 Å². The molecule has 0 radical (unpaired) electrons. The van der Waals surface area contributed by atoms with E-state index in [2.05, 4.69) is 9.98 Å². The molecule has 3 fully saturated rings. The van der Waals surface area contributed by atoms with Crippen molar-refractivity contribution in [2.45, 2.75) is 56.2 Å². The van der Waals surface area contributed by atoms with Crippen molar-refractivity contribution in [1.82, 2.24) is 4.98 Å². The van der Waals surface area contributed by atoms with Gasteiger partial charge in [0, 0.05) is 5.69 Å². The Morgan fingerprint density at radius 2 is 2.14 bits per heavy atom. The number of fused-ring (bicyclic) bond motifs is 1. The lowest BCUT2D eigenvalue weighted by Crippen LogP contribution is -2.45. The van der Waals surface area contributed by atoms with E-state index in [9.17, 15) is 15.0 Å². The van der Waals surface area contributed by atoms with Gasteiger partial charge in [-0.2, -0.15) is 0 Å². The number of hydrogen-bond donors (Lipinski definition) is 5. The number of amidine groups is 1. The van der Waals surface area contributed by atoms with Gasteiger partial charge in [0.05, 0.1) is 5.69 Å². The Balaban J connectivity index is 1.36.